The van der Waals surface area contributed by atoms with E-state index in [1.807, 2.05) is 13.8 Å². The van der Waals surface area contributed by atoms with Crippen molar-refractivity contribution >= 4 is 29.1 Å². The number of carbonyl (C=O) groups is 2. The highest BCUT2D eigenvalue weighted by molar-refractivity contribution is 6.30. The van der Waals surface area contributed by atoms with E-state index in [0.29, 0.717) is 10.7 Å². The molecule has 1 unspecified atom stereocenters. The van der Waals surface area contributed by atoms with Crippen LogP contribution in [0.4, 0.5) is 5.69 Å². The minimum Gasteiger partial charge on any atom is -0.392 e. The molecule has 0 saturated heterocycles. The Morgan fingerprint density at radius 3 is 2.35 bits per heavy atom. The number of hydrogen-bond donors (Lipinski definition) is 3. The molecule has 20 heavy (non-hydrogen) atoms. The Balaban J connectivity index is 2.32. The molecule has 2 amide bonds. The Kier molecular flexibility index (Phi) is 6.48. The number of aliphatic hydroxyl groups excluding tert-OH is 1. The van der Waals surface area contributed by atoms with E-state index < -0.39 is 6.10 Å². The van der Waals surface area contributed by atoms with Gasteiger partial charge in [-0.05, 0) is 30.2 Å². The van der Waals surface area contributed by atoms with Crippen molar-refractivity contribution in [1.82, 2.24) is 5.32 Å². The molecule has 0 aliphatic rings. The van der Waals surface area contributed by atoms with Gasteiger partial charge in [-0.25, -0.2) is 0 Å². The number of amides is 2. The maximum absolute atomic E-state index is 11.6. The Morgan fingerprint density at radius 1 is 1.20 bits per heavy atom. The van der Waals surface area contributed by atoms with Gasteiger partial charge in [-0.1, -0.05) is 25.4 Å². The third-order valence-corrected chi connectivity index (χ3v) is 2.99. The molecule has 0 radical (unpaired) electrons. The second-order valence-electron chi connectivity index (χ2n) is 4.85. The zero-order chi connectivity index (χ0) is 15.1. The van der Waals surface area contributed by atoms with Crippen molar-refractivity contribution in [2.45, 2.75) is 26.4 Å². The van der Waals surface area contributed by atoms with Gasteiger partial charge in [0.15, 0.2) is 0 Å². The predicted octanol–water partition coefficient (Wildman–Crippen LogP) is 1.80. The summed E-state index contributed by atoms with van der Waals surface area (Å²) in [7, 11) is 0. The lowest BCUT2D eigenvalue weighted by atomic mass is 10.0. The van der Waals surface area contributed by atoms with Crippen LogP contribution in [0, 0.1) is 5.92 Å². The molecule has 0 saturated carbocycles. The van der Waals surface area contributed by atoms with E-state index in [1.54, 1.807) is 24.3 Å². The van der Waals surface area contributed by atoms with Crippen LogP contribution in [-0.4, -0.2) is 29.6 Å². The summed E-state index contributed by atoms with van der Waals surface area (Å²) < 4.78 is 0. The van der Waals surface area contributed by atoms with Gasteiger partial charge in [0.2, 0.25) is 11.8 Å². The maximum atomic E-state index is 11.6. The molecule has 1 aromatic rings. The first-order valence-electron chi connectivity index (χ1n) is 6.38. The fourth-order valence-electron chi connectivity index (χ4n) is 1.42. The van der Waals surface area contributed by atoms with Crippen LogP contribution in [0.25, 0.3) is 0 Å². The number of nitrogens with one attached hydrogen (secondary N) is 2. The van der Waals surface area contributed by atoms with Crippen LogP contribution in [0.3, 0.4) is 0 Å². The molecule has 1 aromatic carbocycles. The largest absolute Gasteiger partial charge is 0.392 e. The lowest BCUT2D eigenvalue weighted by Crippen LogP contribution is -2.35. The molecular formula is C14H19ClN2O3. The van der Waals surface area contributed by atoms with Crippen molar-refractivity contribution in [3.63, 3.8) is 0 Å². The molecule has 1 atom stereocenters. The summed E-state index contributed by atoms with van der Waals surface area (Å²) in [5, 5.41) is 15.2. The van der Waals surface area contributed by atoms with Gasteiger partial charge in [-0.15, -0.1) is 0 Å². The zero-order valence-electron chi connectivity index (χ0n) is 11.5. The highest BCUT2D eigenvalue weighted by Gasteiger charge is 2.14. The first-order chi connectivity index (χ1) is 9.38. The highest BCUT2D eigenvalue weighted by atomic mass is 35.5. The SMILES string of the molecule is CC(C)C(O)CC(=O)NCC(=O)Nc1ccc(Cl)cc1. The predicted molar refractivity (Wildman–Crippen MR) is 78.6 cm³/mol. The number of halogens is 1. The van der Waals surface area contributed by atoms with Crippen molar-refractivity contribution in [3.05, 3.63) is 29.3 Å². The average molecular weight is 299 g/mol. The minimum absolute atomic E-state index is 0.00337. The first kappa shape index (κ1) is 16.5. The van der Waals surface area contributed by atoms with Crippen molar-refractivity contribution in [2.75, 3.05) is 11.9 Å². The summed E-state index contributed by atoms with van der Waals surface area (Å²) in [6.45, 7) is 3.52. The van der Waals surface area contributed by atoms with Gasteiger partial charge in [0.1, 0.15) is 0 Å². The summed E-state index contributed by atoms with van der Waals surface area (Å²) in [5.41, 5.74) is 0.607. The van der Waals surface area contributed by atoms with Gasteiger partial charge in [-0.3, -0.25) is 9.59 Å². The molecule has 0 bridgehead atoms. The van der Waals surface area contributed by atoms with Crippen LogP contribution in [0.15, 0.2) is 24.3 Å². The van der Waals surface area contributed by atoms with Gasteiger partial charge in [-0.2, -0.15) is 0 Å². The molecule has 1 rings (SSSR count). The van der Waals surface area contributed by atoms with E-state index >= 15 is 0 Å². The number of aliphatic hydroxyl groups is 1. The monoisotopic (exact) mass is 298 g/mol. The van der Waals surface area contributed by atoms with Crippen LogP contribution >= 0.6 is 11.6 Å². The van der Waals surface area contributed by atoms with Gasteiger partial charge in [0.25, 0.3) is 0 Å². The average Bonchev–Trinajstić information content (AvgIpc) is 2.39. The highest BCUT2D eigenvalue weighted by Crippen LogP contribution is 2.13. The summed E-state index contributed by atoms with van der Waals surface area (Å²) in [6, 6.07) is 6.67. The summed E-state index contributed by atoms with van der Waals surface area (Å²) in [6.07, 6.45) is -0.708. The standard InChI is InChI=1S/C14H19ClN2O3/c1-9(2)12(18)7-13(19)16-8-14(20)17-11-5-3-10(15)4-6-11/h3-6,9,12,18H,7-8H2,1-2H3,(H,16,19)(H,17,20). The minimum atomic E-state index is -0.700. The van der Waals surface area contributed by atoms with E-state index in [4.69, 9.17) is 11.6 Å². The molecule has 0 aliphatic carbocycles. The Hall–Kier alpha value is -1.59. The lowest BCUT2D eigenvalue weighted by molar-refractivity contribution is -0.126. The number of hydrogen-bond acceptors (Lipinski definition) is 3. The maximum Gasteiger partial charge on any atom is 0.243 e. The van der Waals surface area contributed by atoms with E-state index in [2.05, 4.69) is 10.6 Å². The van der Waals surface area contributed by atoms with Crippen molar-refractivity contribution in [3.8, 4) is 0 Å². The Morgan fingerprint density at radius 2 is 1.80 bits per heavy atom. The smallest absolute Gasteiger partial charge is 0.243 e. The van der Waals surface area contributed by atoms with Gasteiger partial charge in [0.05, 0.1) is 19.1 Å². The number of benzene rings is 1. The molecule has 6 heteroatoms. The normalized spacial score (nSPS) is 12.1. The van der Waals surface area contributed by atoms with E-state index in [-0.39, 0.29) is 30.7 Å². The fraction of sp³-hybridized carbons (Fsp3) is 0.429. The molecule has 0 spiro atoms. The summed E-state index contributed by atoms with van der Waals surface area (Å²) in [5.74, 6) is -0.680. The lowest BCUT2D eigenvalue weighted by Gasteiger charge is -2.13. The van der Waals surface area contributed by atoms with Gasteiger partial charge in [0, 0.05) is 10.7 Å². The number of carbonyl (C=O) groups excluding carboxylic acids is 2. The van der Waals surface area contributed by atoms with Crippen LogP contribution in [0.2, 0.25) is 5.02 Å². The van der Waals surface area contributed by atoms with E-state index in [0.717, 1.165) is 0 Å². The third kappa shape index (κ3) is 6.04. The van der Waals surface area contributed by atoms with Crippen molar-refractivity contribution in [2.24, 2.45) is 5.92 Å². The number of anilines is 1. The van der Waals surface area contributed by atoms with Gasteiger partial charge >= 0.3 is 0 Å². The molecule has 3 N–H and O–H groups in total. The van der Waals surface area contributed by atoms with Crippen molar-refractivity contribution in [1.29, 1.82) is 0 Å². The second kappa shape index (κ2) is 7.87. The topological polar surface area (TPSA) is 78.4 Å². The molecule has 0 fully saturated rings. The quantitative estimate of drug-likeness (QED) is 0.749. The first-order valence-corrected chi connectivity index (χ1v) is 6.76. The molecule has 0 heterocycles. The van der Waals surface area contributed by atoms with E-state index in [1.165, 1.54) is 0 Å². The molecule has 0 aromatic heterocycles. The van der Waals surface area contributed by atoms with Crippen LogP contribution in [-0.2, 0) is 9.59 Å². The third-order valence-electron chi connectivity index (χ3n) is 2.74. The van der Waals surface area contributed by atoms with E-state index in [9.17, 15) is 14.7 Å². The zero-order valence-corrected chi connectivity index (χ0v) is 12.3. The van der Waals surface area contributed by atoms with Crippen LogP contribution < -0.4 is 10.6 Å². The Bertz CT molecular complexity index is 460. The molecule has 110 valence electrons. The van der Waals surface area contributed by atoms with Crippen molar-refractivity contribution < 1.29 is 14.7 Å². The summed E-state index contributed by atoms with van der Waals surface area (Å²) in [4.78, 5) is 23.1. The molecule has 5 nitrogen and oxygen atoms in total. The number of rotatable bonds is 6. The van der Waals surface area contributed by atoms with Crippen LogP contribution in [0.5, 0.6) is 0 Å². The Labute approximate surface area is 123 Å². The van der Waals surface area contributed by atoms with Crippen LogP contribution in [0.1, 0.15) is 20.3 Å². The second-order valence-corrected chi connectivity index (χ2v) is 5.28. The molecular weight excluding hydrogens is 280 g/mol. The van der Waals surface area contributed by atoms with Gasteiger partial charge < -0.3 is 15.7 Å². The molecule has 0 aliphatic heterocycles. The fourth-order valence-corrected chi connectivity index (χ4v) is 1.54. The summed E-state index contributed by atoms with van der Waals surface area (Å²) >= 11 is 5.73.